The van der Waals surface area contributed by atoms with Gasteiger partial charge in [0.1, 0.15) is 5.75 Å². The van der Waals surface area contributed by atoms with Crippen LogP contribution < -0.4 is 15.4 Å². The van der Waals surface area contributed by atoms with Crippen LogP contribution in [0.2, 0.25) is 5.02 Å². The first-order chi connectivity index (χ1) is 11.0. The van der Waals surface area contributed by atoms with Crippen molar-refractivity contribution in [3.63, 3.8) is 0 Å². The van der Waals surface area contributed by atoms with E-state index in [9.17, 15) is 9.59 Å². The molecule has 0 heterocycles. The SMILES string of the molecule is O=C(NCOc1ccc(Cl)cc1)NCc1ccc(C(=O)O)cc1. The van der Waals surface area contributed by atoms with Crippen LogP contribution in [0.3, 0.4) is 0 Å². The number of hydrogen-bond acceptors (Lipinski definition) is 3. The van der Waals surface area contributed by atoms with Crippen molar-refractivity contribution in [2.75, 3.05) is 6.73 Å². The summed E-state index contributed by atoms with van der Waals surface area (Å²) in [5.74, 6) is -0.388. The molecule has 2 aromatic rings. The van der Waals surface area contributed by atoms with Crippen LogP contribution >= 0.6 is 11.6 Å². The van der Waals surface area contributed by atoms with E-state index in [4.69, 9.17) is 21.4 Å². The highest BCUT2D eigenvalue weighted by atomic mass is 35.5. The smallest absolute Gasteiger partial charge is 0.335 e. The minimum atomic E-state index is -0.985. The molecule has 2 amide bonds. The van der Waals surface area contributed by atoms with Crippen molar-refractivity contribution in [3.8, 4) is 5.75 Å². The van der Waals surface area contributed by atoms with Gasteiger partial charge in [0.05, 0.1) is 5.56 Å². The number of amides is 2. The number of carbonyl (C=O) groups excluding carboxylic acids is 1. The Labute approximate surface area is 138 Å². The lowest BCUT2D eigenvalue weighted by Crippen LogP contribution is -2.37. The molecule has 0 saturated carbocycles. The monoisotopic (exact) mass is 334 g/mol. The van der Waals surface area contributed by atoms with Crippen molar-refractivity contribution >= 4 is 23.6 Å². The van der Waals surface area contributed by atoms with E-state index < -0.39 is 5.97 Å². The minimum Gasteiger partial charge on any atom is -0.478 e. The Morgan fingerprint density at radius 1 is 1.00 bits per heavy atom. The molecule has 0 saturated heterocycles. The summed E-state index contributed by atoms with van der Waals surface area (Å²) >= 11 is 5.75. The molecule has 6 nitrogen and oxygen atoms in total. The van der Waals surface area contributed by atoms with Gasteiger partial charge in [-0.25, -0.2) is 9.59 Å². The van der Waals surface area contributed by atoms with Crippen LogP contribution in [0.5, 0.6) is 5.75 Å². The van der Waals surface area contributed by atoms with E-state index in [0.717, 1.165) is 5.56 Å². The summed E-state index contributed by atoms with van der Waals surface area (Å²) in [6.45, 7) is 0.304. The maximum Gasteiger partial charge on any atom is 0.335 e. The van der Waals surface area contributed by atoms with E-state index in [0.29, 0.717) is 10.8 Å². The third-order valence-corrected chi connectivity index (χ3v) is 3.19. The van der Waals surface area contributed by atoms with Crippen LogP contribution in [0, 0.1) is 0 Å². The Balaban J connectivity index is 1.70. The summed E-state index contributed by atoms with van der Waals surface area (Å²) in [5, 5.41) is 14.6. The molecule has 0 aliphatic heterocycles. The van der Waals surface area contributed by atoms with Gasteiger partial charge in [0, 0.05) is 11.6 Å². The highest BCUT2D eigenvalue weighted by Gasteiger charge is 2.03. The van der Waals surface area contributed by atoms with Gasteiger partial charge < -0.3 is 20.5 Å². The second kappa shape index (κ2) is 8.05. The quantitative estimate of drug-likeness (QED) is 0.709. The first-order valence-corrected chi connectivity index (χ1v) is 7.14. The molecular weight excluding hydrogens is 320 g/mol. The standard InChI is InChI=1S/C16H15ClN2O4/c17-13-5-7-14(8-6-13)23-10-19-16(22)18-9-11-1-3-12(4-2-11)15(20)21/h1-8H,9-10H2,(H,20,21)(H2,18,19,22). The maximum absolute atomic E-state index is 11.6. The van der Waals surface area contributed by atoms with Crippen LogP contribution in [0.25, 0.3) is 0 Å². The second-order valence-corrected chi connectivity index (χ2v) is 5.04. The van der Waals surface area contributed by atoms with Crippen LogP contribution in [0.1, 0.15) is 15.9 Å². The predicted octanol–water partition coefficient (Wildman–Crippen LogP) is 2.87. The van der Waals surface area contributed by atoms with E-state index in [1.807, 2.05) is 0 Å². The number of urea groups is 1. The highest BCUT2D eigenvalue weighted by Crippen LogP contribution is 2.14. The number of nitrogens with one attached hydrogen (secondary N) is 2. The summed E-state index contributed by atoms with van der Waals surface area (Å²) < 4.78 is 5.33. The lowest BCUT2D eigenvalue weighted by atomic mass is 10.1. The summed E-state index contributed by atoms with van der Waals surface area (Å²) in [7, 11) is 0. The molecule has 0 unspecified atom stereocenters. The van der Waals surface area contributed by atoms with Gasteiger partial charge >= 0.3 is 12.0 Å². The Morgan fingerprint density at radius 2 is 1.65 bits per heavy atom. The van der Waals surface area contributed by atoms with Crippen molar-refractivity contribution in [2.45, 2.75) is 6.54 Å². The Kier molecular flexibility index (Phi) is 5.82. The lowest BCUT2D eigenvalue weighted by Gasteiger charge is -2.09. The molecule has 0 aromatic heterocycles. The van der Waals surface area contributed by atoms with Crippen molar-refractivity contribution in [2.24, 2.45) is 0 Å². The molecule has 0 aliphatic carbocycles. The topological polar surface area (TPSA) is 87.7 Å². The van der Waals surface area contributed by atoms with Gasteiger partial charge in [-0.3, -0.25) is 0 Å². The fraction of sp³-hybridized carbons (Fsp3) is 0.125. The van der Waals surface area contributed by atoms with Gasteiger partial charge in [0.15, 0.2) is 6.73 Å². The van der Waals surface area contributed by atoms with Crippen LogP contribution in [0.15, 0.2) is 48.5 Å². The fourth-order valence-electron chi connectivity index (χ4n) is 1.73. The van der Waals surface area contributed by atoms with E-state index in [1.165, 1.54) is 12.1 Å². The number of carbonyl (C=O) groups is 2. The van der Waals surface area contributed by atoms with Gasteiger partial charge in [-0.05, 0) is 42.0 Å². The zero-order valence-corrected chi connectivity index (χ0v) is 12.8. The van der Waals surface area contributed by atoms with Crippen LogP contribution in [-0.4, -0.2) is 23.8 Å². The number of halogens is 1. The molecule has 7 heteroatoms. The van der Waals surface area contributed by atoms with Gasteiger partial charge in [-0.2, -0.15) is 0 Å². The Morgan fingerprint density at radius 3 is 2.26 bits per heavy atom. The fourth-order valence-corrected chi connectivity index (χ4v) is 1.85. The highest BCUT2D eigenvalue weighted by molar-refractivity contribution is 6.30. The van der Waals surface area contributed by atoms with Crippen LogP contribution in [-0.2, 0) is 6.54 Å². The molecule has 2 aromatic carbocycles. The van der Waals surface area contributed by atoms with E-state index in [-0.39, 0.29) is 24.9 Å². The molecule has 0 fully saturated rings. The van der Waals surface area contributed by atoms with Crippen molar-refractivity contribution in [3.05, 3.63) is 64.7 Å². The molecule has 0 radical (unpaired) electrons. The Hall–Kier alpha value is -2.73. The molecule has 0 atom stereocenters. The number of hydrogen-bond donors (Lipinski definition) is 3. The summed E-state index contributed by atoms with van der Waals surface area (Å²) in [6, 6.07) is 12.7. The minimum absolute atomic E-state index is 0.0193. The van der Waals surface area contributed by atoms with Gasteiger partial charge in [-0.1, -0.05) is 23.7 Å². The second-order valence-electron chi connectivity index (χ2n) is 4.60. The Bertz CT molecular complexity index is 671. The molecule has 0 aliphatic rings. The van der Waals surface area contributed by atoms with E-state index in [1.54, 1.807) is 36.4 Å². The average molecular weight is 335 g/mol. The summed E-state index contributed by atoms with van der Waals surface area (Å²) in [4.78, 5) is 22.3. The van der Waals surface area contributed by atoms with Crippen molar-refractivity contribution in [1.82, 2.24) is 10.6 Å². The molecule has 120 valence electrons. The summed E-state index contributed by atoms with van der Waals surface area (Å²) in [6.07, 6.45) is 0. The van der Waals surface area contributed by atoms with Gasteiger partial charge in [-0.15, -0.1) is 0 Å². The third kappa shape index (κ3) is 5.52. The number of carboxylic acid groups (broad SMARTS) is 1. The molecule has 0 spiro atoms. The lowest BCUT2D eigenvalue weighted by molar-refractivity contribution is 0.0697. The zero-order valence-electron chi connectivity index (χ0n) is 12.1. The molecule has 0 bridgehead atoms. The predicted molar refractivity (Wildman–Crippen MR) is 85.7 cm³/mol. The molecule has 23 heavy (non-hydrogen) atoms. The van der Waals surface area contributed by atoms with Crippen molar-refractivity contribution < 1.29 is 19.4 Å². The normalized spacial score (nSPS) is 9.96. The number of rotatable bonds is 6. The zero-order chi connectivity index (χ0) is 16.7. The summed E-state index contributed by atoms with van der Waals surface area (Å²) in [5.41, 5.74) is 0.998. The number of carboxylic acids is 1. The third-order valence-electron chi connectivity index (χ3n) is 2.94. The largest absolute Gasteiger partial charge is 0.478 e. The first kappa shape index (κ1) is 16.6. The maximum atomic E-state index is 11.6. The average Bonchev–Trinajstić information content (AvgIpc) is 2.55. The van der Waals surface area contributed by atoms with Crippen molar-refractivity contribution in [1.29, 1.82) is 0 Å². The first-order valence-electron chi connectivity index (χ1n) is 6.77. The molecule has 2 rings (SSSR count). The number of aromatic carboxylic acids is 1. The van der Waals surface area contributed by atoms with E-state index in [2.05, 4.69) is 10.6 Å². The van der Waals surface area contributed by atoms with Crippen LogP contribution in [0.4, 0.5) is 4.79 Å². The van der Waals surface area contributed by atoms with Gasteiger partial charge in [0.2, 0.25) is 0 Å². The van der Waals surface area contributed by atoms with Gasteiger partial charge in [0.25, 0.3) is 0 Å². The number of ether oxygens (including phenoxy) is 1. The number of benzene rings is 2. The van der Waals surface area contributed by atoms with E-state index >= 15 is 0 Å². The molecule has 3 N–H and O–H groups in total. The molecular formula is C16H15ClN2O4.